The predicted molar refractivity (Wildman–Crippen MR) is 158 cm³/mol. The van der Waals surface area contributed by atoms with E-state index in [1.54, 1.807) is 6.07 Å². The first-order valence-corrected chi connectivity index (χ1v) is 13.7. The zero-order chi connectivity index (χ0) is 35.5. The number of phenolic OH excluding ortho intramolecular Hbond substituents is 1. The highest BCUT2D eigenvalue weighted by Gasteiger charge is 2.22. The summed E-state index contributed by atoms with van der Waals surface area (Å²) in [6, 6.07) is 11.4. The van der Waals surface area contributed by atoms with Gasteiger partial charge in [-0.05, 0) is 24.3 Å². The lowest BCUT2D eigenvalue weighted by molar-refractivity contribution is 0.112. The first kappa shape index (κ1) is 35.9. The molecule has 0 unspecified atom stereocenters. The molecule has 6 rings (SSSR count). The molecule has 0 aliphatic carbocycles. The summed E-state index contributed by atoms with van der Waals surface area (Å²) in [6.07, 6.45) is -2.29. The third-order valence-electron chi connectivity index (χ3n) is 5.78. The number of oxazole rings is 1. The Morgan fingerprint density at radius 2 is 1.35 bits per heavy atom. The molecule has 19 heteroatoms. The molecule has 4 heterocycles. The average Bonchev–Trinajstić information content (AvgIpc) is 3.77. The van der Waals surface area contributed by atoms with Gasteiger partial charge in [-0.25, -0.2) is 51.3 Å². The Labute approximate surface area is 276 Å². The van der Waals surface area contributed by atoms with E-state index < -0.39 is 36.0 Å². The van der Waals surface area contributed by atoms with Gasteiger partial charge in [0.2, 0.25) is 29.3 Å². The zero-order valence-electron chi connectivity index (χ0n) is 24.9. The summed E-state index contributed by atoms with van der Waals surface area (Å²) in [5.41, 5.74) is -0.606. The molecule has 6 aromatic rings. The van der Waals surface area contributed by atoms with Gasteiger partial charge in [-0.2, -0.15) is 0 Å². The van der Waals surface area contributed by atoms with Gasteiger partial charge in [-0.15, -0.1) is 0 Å². The van der Waals surface area contributed by atoms with Crippen LogP contribution in [0.25, 0.3) is 22.7 Å². The van der Waals surface area contributed by atoms with Gasteiger partial charge in [-0.1, -0.05) is 28.9 Å². The molecule has 0 atom stereocenters. The Balaban J connectivity index is 0.000000185. The van der Waals surface area contributed by atoms with Crippen LogP contribution in [0.5, 0.6) is 29.1 Å². The van der Waals surface area contributed by atoms with Gasteiger partial charge in [0.15, 0.2) is 5.76 Å². The molecule has 0 bridgehead atoms. The van der Waals surface area contributed by atoms with Crippen LogP contribution in [-0.2, 0) is 0 Å². The maximum Gasteiger partial charge on any atom is 0.298 e. The summed E-state index contributed by atoms with van der Waals surface area (Å²) in [4.78, 5) is 18.8. The van der Waals surface area contributed by atoms with E-state index in [4.69, 9.17) is 30.2 Å². The van der Waals surface area contributed by atoms with Crippen molar-refractivity contribution in [3.8, 4) is 51.9 Å². The van der Waals surface area contributed by atoms with Gasteiger partial charge in [0.05, 0.1) is 32.0 Å². The number of phenols is 1. The third kappa shape index (κ3) is 9.57. The second kappa shape index (κ2) is 16.8. The van der Waals surface area contributed by atoms with Gasteiger partial charge in [0.1, 0.15) is 52.2 Å². The Morgan fingerprint density at radius 3 is 1.92 bits per heavy atom. The van der Waals surface area contributed by atoms with E-state index in [0.29, 0.717) is 11.0 Å². The molecule has 12 nitrogen and oxygen atoms in total. The predicted octanol–water partition coefficient (Wildman–Crippen LogP) is 8.27. The number of alkyl halides is 4. The number of hydrogen-bond acceptors (Lipinski definition) is 12. The molecular weight excluding hydrogens is 690 g/mol. The number of ether oxygens (including phenoxy) is 3. The number of aromatic hydroxyl groups is 1. The molecule has 0 aliphatic heterocycles. The third-order valence-corrected chi connectivity index (χ3v) is 5.98. The Morgan fingerprint density at radius 1 is 0.735 bits per heavy atom. The SMILES string of the molecule is COc1cc(Cl)ncn1.COc1cc(Oc2cccc(F)c2-c2ncc(C(F)F)o2)ncn1.Oc1cccc(F)c1-c1cc(C(F)F)on1. The summed E-state index contributed by atoms with van der Waals surface area (Å²) in [6.45, 7) is 0. The number of nitrogens with zero attached hydrogens (tertiary/aromatic N) is 6. The Kier molecular flexibility index (Phi) is 12.3. The summed E-state index contributed by atoms with van der Waals surface area (Å²) in [5.74, 6) is -2.73. The molecule has 2 aromatic carbocycles. The molecule has 0 spiro atoms. The Hall–Kier alpha value is -5.91. The smallest absolute Gasteiger partial charge is 0.298 e. The highest BCUT2D eigenvalue weighted by Crippen LogP contribution is 2.36. The fraction of sp³-hybridized carbons (Fsp3) is 0.133. The summed E-state index contributed by atoms with van der Waals surface area (Å²) >= 11 is 5.49. The summed E-state index contributed by atoms with van der Waals surface area (Å²) < 4.78 is 102. The van der Waals surface area contributed by atoms with Gasteiger partial charge < -0.3 is 28.3 Å². The number of halogens is 7. The van der Waals surface area contributed by atoms with Crippen LogP contribution < -0.4 is 14.2 Å². The number of rotatable bonds is 8. The van der Waals surface area contributed by atoms with E-state index in [1.165, 1.54) is 57.2 Å². The van der Waals surface area contributed by atoms with Gasteiger partial charge in [-0.3, -0.25) is 0 Å². The van der Waals surface area contributed by atoms with E-state index >= 15 is 0 Å². The number of aromatic nitrogens is 6. The second-order valence-electron chi connectivity index (χ2n) is 8.91. The number of benzene rings is 2. The van der Waals surface area contributed by atoms with E-state index in [1.807, 2.05) is 0 Å². The minimum atomic E-state index is -2.85. The van der Waals surface area contributed by atoms with Crippen molar-refractivity contribution in [2.75, 3.05) is 14.2 Å². The maximum atomic E-state index is 14.2. The van der Waals surface area contributed by atoms with Gasteiger partial charge in [0, 0.05) is 12.1 Å². The Bertz CT molecular complexity index is 1960. The zero-order valence-corrected chi connectivity index (χ0v) is 25.7. The lowest BCUT2D eigenvalue weighted by atomic mass is 10.1. The molecule has 256 valence electrons. The number of methoxy groups -OCH3 is 2. The van der Waals surface area contributed by atoms with Crippen LogP contribution in [0.1, 0.15) is 24.4 Å². The van der Waals surface area contributed by atoms with Crippen LogP contribution in [0.3, 0.4) is 0 Å². The van der Waals surface area contributed by atoms with Crippen molar-refractivity contribution in [2.45, 2.75) is 12.9 Å². The lowest BCUT2D eigenvalue weighted by Gasteiger charge is -2.09. The molecule has 0 saturated carbocycles. The monoisotopic (exact) mass is 710 g/mol. The standard InChI is InChI=1S/C15H10F3N3O3.C10H6F3NO2.C5H5ClN2O/c1-22-11-5-12(21-7-20-11)23-9-4-2-3-8(16)13(9)15-19-6-10(24-15)14(17)18;11-5-2-1-3-7(15)9(5)6-4-8(10(12)13)16-14-6;1-9-5-2-4(6)7-3-8-5/h2-7,14H,1H3;1-4,10,15H;2-3H,1H3. The van der Waals surface area contributed by atoms with Crippen LogP contribution in [0.15, 0.2) is 82.4 Å². The molecule has 0 fully saturated rings. The highest BCUT2D eigenvalue weighted by atomic mass is 35.5. The fourth-order valence-electron chi connectivity index (χ4n) is 3.61. The number of hydrogen-bond donors (Lipinski definition) is 1. The van der Waals surface area contributed by atoms with Crippen LogP contribution in [-0.4, -0.2) is 49.4 Å². The van der Waals surface area contributed by atoms with Gasteiger partial charge >= 0.3 is 0 Å². The average molecular weight is 711 g/mol. The van der Waals surface area contributed by atoms with E-state index in [-0.39, 0.29) is 46.0 Å². The molecule has 0 amide bonds. The van der Waals surface area contributed by atoms with Crippen molar-refractivity contribution >= 4 is 11.6 Å². The normalized spacial score (nSPS) is 10.6. The minimum Gasteiger partial charge on any atom is -0.507 e. The lowest BCUT2D eigenvalue weighted by Crippen LogP contribution is -1.95. The van der Waals surface area contributed by atoms with Crippen molar-refractivity contribution in [1.82, 2.24) is 30.1 Å². The molecule has 1 N–H and O–H groups in total. The van der Waals surface area contributed by atoms with Crippen molar-refractivity contribution in [2.24, 2.45) is 0 Å². The van der Waals surface area contributed by atoms with Crippen LogP contribution in [0.4, 0.5) is 26.3 Å². The maximum absolute atomic E-state index is 14.2. The van der Waals surface area contributed by atoms with Crippen molar-refractivity contribution in [3.05, 3.63) is 102 Å². The van der Waals surface area contributed by atoms with E-state index in [9.17, 15) is 31.4 Å². The van der Waals surface area contributed by atoms with Crippen LogP contribution in [0.2, 0.25) is 5.15 Å². The molecule has 4 aromatic heterocycles. The minimum absolute atomic E-state index is 0.00146. The molecule has 49 heavy (non-hydrogen) atoms. The molecule has 0 saturated heterocycles. The first-order valence-electron chi connectivity index (χ1n) is 13.3. The van der Waals surface area contributed by atoms with Gasteiger partial charge in [0.25, 0.3) is 12.9 Å². The second-order valence-corrected chi connectivity index (χ2v) is 9.30. The summed E-state index contributed by atoms with van der Waals surface area (Å²) in [7, 11) is 2.94. The molecule has 0 aliphatic rings. The molecule has 0 radical (unpaired) electrons. The fourth-order valence-corrected chi connectivity index (χ4v) is 3.75. The van der Waals surface area contributed by atoms with E-state index in [0.717, 1.165) is 24.4 Å². The molecular formula is C30H21ClF6N6O6. The van der Waals surface area contributed by atoms with Crippen molar-refractivity contribution < 1.29 is 54.6 Å². The topological polar surface area (TPSA) is 152 Å². The highest BCUT2D eigenvalue weighted by molar-refractivity contribution is 6.29. The van der Waals surface area contributed by atoms with Crippen LogP contribution in [0, 0.1) is 11.6 Å². The van der Waals surface area contributed by atoms with Crippen LogP contribution >= 0.6 is 11.6 Å². The quantitative estimate of drug-likeness (QED) is 0.120. The summed E-state index contributed by atoms with van der Waals surface area (Å²) in [5, 5.41) is 13.0. The van der Waals surface area contributed by atoms with Crippen molar-refractivity contribution in [3.63, 3.8) is 0 Å². The van der Waals surface area contributed by atoms with Crippen molar-refractivity contribution in [1.29, 1.82) is 0 Å². The largest absolute Gasteiger partial charge is 0.507 e. The van der Waals surface area contributed by atoms with E-state index in [2.05, 4.69) is 34.6 Å². The first-order chi connectivity index (χ1) is 23.5.